The number of aliphatic hydroxyl groups excluding tert-OH is 2. The van der Waals surface area contributed by atoms with E-state index in [2.05, 4.69) is 20.8 Å². The van der Waals surface area contributed by atoms with E-state index in [4.69, 9.17) is 0 Å². The van der Waals surface area contributed by atoms with Gasteiger partial charge in [-0.15, -0.1) is 0 Å². The zero-order valence-corrected chi connectivity index (χ0v) is 8.30. The van der Waals surface area contributed by atoms with Gasteiger partial charge in [-0.25, -0.2) is 0 Å². The third-order valence-electron chi connectivity index (χ3n) is 2.80. The number of hydrogen-bond acceptors (Lipinski definition) is 2. The molecule has 0 heterocycles. The van der Waals surface area contributed by atoms with Crippen LogP contribution < -0.4 is 0 Å². The molecule has 12 heavy (non-hydrogen) atoms. The Morgan fingerprint density at radius 1 is 1.25 bits per heavy atom. The van der Waals surface area contributed by atoms with Gasteiger partial charge in [-0.1, -0.05) is 20.8 Å². The van der Waals surface area contributed by atoms with Crippen molar-refractivity contribution in [3.8, 4) is 0 Å². The first kappa shape index (κ1) is 10.0. The molecular formula is C10H20O2. The summed E-state index contributed by atoms with van der Waals surface area (Å²) in [5, 5.41) is 18.8. The van der Waals surface area contributed by atoms with Crippen LogP contribution in [-0.2, 0) is 0 Å². The molecule has 1 aliphatic carbocycles. The zero-order valence-electron chi connectivity index (χ0n) is 8.30. The molecule has 2 nitrogen and oxygen atoms in total. The fraction of sp³-hybridized carbons (Fsp3) is 1.00. The van der Waals surface area contributed by atoms with Gasteiger partial charge in [-0.3, -0.25) is 0 Å². The summed E-state index contributed by atoms with van der Waals surface area (Å²) in [5.41, 5.74) is 0.107. The monoisotopic (exact) mass is 172 g/mol. The molecule has 2 heteroatoms. The number of aliphatic hydroxyl groups is 2. The Bertz CT molecular complexity index is 165. The Hall–Kier alpha value is -0.0800. The van der Waals surface area contributed by atoms with Gasteiger partial charge in [0.05, 0.1) is 6.10 Å². The van der Waals surface area contributed by atoms with Gasteiger partial charge in [-0.05, 0) is 30.1 Å². The van der Waals surface area contributed by atoms with E-state index in [1.807, 2.05) is 0 Å². The highest BCUT2D eigenvalue weighted by molar-refractivity contribution is 4.90. The maximum Gasteiger partial charge on any atom is 0.0551 e. The van der Waals surface area contributed by atoms with Crippen molar-refractivity contribution in [2.24, 2.45) is 10.8 Å². The lowest BCUT2D eigenvalue weighted by molar-refractivity contribution is -0.0349. The van der Waals surface area contributed by atoms with E-state index < -0.39 is 0 Å². The standard InChI is InChI=1S/C10H20O2/c1-9(2)4-8(12)5-10(3,6-9)7-11/h8,11-12H,4-7H2,1-3H3/t8-,10-/m1/s1. The van der Waals surface area contributed by atoms with Crippen LogP contribution in [0, 0.1) is 10.8 Å². The Kier molecular flexibility index (Phi) is 2.50. The maximum absolute atomic E-state index is 9.60. The second kappa shape index (κ2) is 3.00. The van der Waals surface area contributed by atoms with Crippen LogP contribution in [-0.4, -0.2) is 22.9 Å². The molecule has 2 atom stereocenters. The quantitative estimate of drug-likeness (QED) is 0.630. The van der Waals surface area contributed by atoms with E-state index in [1.54, 1.807) is 0 Å². The topological polar surface area (TPSA) is 40.5 Å². The fourth-order valence-corrected chi connectivity index (χ4v) is 2.70. The van der Waals surface area contributed by atoms with Gasteiger partial charge in [0, 0.05) is 6.61 Å². The minimum absolute atomic E-state index is 0.0683. The van der Waals surface area contributed by atoms with Gasteiger partial charge < -0.3 is 10.2 Å². The van der Waals surface area contributed by atoms with Crippen LogP contribution in [0.1, 0.15) is 40.0 Å². The molecule has 2 N–H and O–H groups in total. The smallest absolute Gasteiger partial charge is 0.0551 e. The average molecular weight is 172 g/mol. The highest BCUT2D eigenvalue weighted by Crippen LogP contribution is 2.45. The van der Waals surface area contributed by atoms with Gasteiger partial charge in [0.25, 0.3) is 0 Å². The van der Waals surface area contributed by atoms with Gasteiger partial charge in [-0.2, -0.15) is 0 Å². The first-order chi connectivity index (χ1) is 5.37. The molecule has 0 spiro atoms. The van der Waals surface area contributed by atoms with Crippen LogP contribution >= 0.6 is 0 Å². The molecule has 0 aromatic rings. The third kappa shape index (κ3) is 2.20. The van der Waals surface area contributed by atoms with Crippen molar-refractivity contribution < 1.29 is 10.2 Å². The van der Waals surface area contributed by atoms with Crippen molar-refractivity contribution in [2.75, 3.05) is 6.61 Å². The average Bonchev–Trinajstić information content (AvgIpc) is 1.82. The molecule has 0 amide bonds. The summed E-state index contributed by atoms with van der Waals surface area (Å²) in [6, 6.07) is 0. The Labute approximate surface area is 74.6 Å². The molecular weight excluding hydrogens is 152 g/mol. The summed E-state index contributed by atoms with van der Waals surface area (Å²) in [4.78, 5) is 0. The first-order valence-electron chi connectivity index (χ1n) is 4.66. The Morgan fingerprint density at radius 3 is 2.25 bits per heavy atom. The van der Waals surface area contributed by atoms with Crippen LogP contribution in [0.15, 0.2) is 0 Å². The van der Waals surface area contributed by atoms with E-state index in [9.17, 15) is 10.2 Å². The van der Waals surface area contributed by atoms with E-state index in [0.29, 0.717) is 0 Å². The van der Waals surface area contributed by atoms with Crippen LogP contribution in [0.25, 0.3) is 0 Å². The summed E-state index contributed by atoms with van der Waals surface area (Å²) in [6.07, 6.45) is 2.38. The summed E-state index contributed by atoms with van der Waals surface area (Å²) in [7, 11) is 0. The summed E-state index contributed by atoms with van der Waals surface area (Å²) in [5.74, 6) is 0. The molecule has 0 aromatic heterocycles. The molecule has 1 fully saturated rings. The molecule has 0 unspecified atom stereocenters. The lowest BCUT2D eigenvalue weighted by Crippen LogP contribution is -2.40. The lowest BCUT2D eigenvalue weighted by Gasteiger charge is -2.44. The van der Waals surface area contributed by atoms with E-state index in [-0.39, 0.29) is 23.5 Å². The van der Waals surface area contributed by atoms with Crippen molar-refractivity contribution in [3.05, 3.63) is 0 Å². The van der Waals surface area contributed by atoms with Crippen LogP contribution in [0.4, 0.5) is 0 Å². The predicted octanol–water partition coefficient (Wildman–Crippen LogP) is 1.56. The van der Waals surface area contributed by atoms with Crippen molar-refractivity contribution in [2.45, 2.75) is 46.1 Å². The highest BCUT2D eigenvalue weighted by Gasteiger charge is 2.40. The number of rotatable bonds is 1. The molecule has 1 aliphatic rings. The van der Waals surface area contributed by atoms with E-state index in [0.717, 1.165) is 19.3 Å². The van der Waals surface area contributed by atoms with Crippen molar-refractivity contribution in [1.29, 1.82) is 0 Å². The van der Waals surface area contributed by atoms with Gasteiger partial charge >= 0.3 is 0 Å². The third-order valence-corrected chi connectivity index (χ3v) is 2.80. The predicted molar refractivity (Wildman–Crippen MR) is 48.8 cm³/mol. The van der Waals surface area contributed by atoms with E-state index >= 15 is 0 Å². The van der Waals surface area contributed by atoms with Crippen LogP contribution in [0.5, 0.6) is 0 Å². The van der Waals surface area contributed by atoms with Crippen molar-refractivity contribution >= 4 is 0 Å². The van der Waals surface area contributed by atoms with Gasteiger partial charge in [0.2, 0.25) is 0 Å². The largest absolute Gasteiger partial charge is 0.396 e. The summed E-state index contributed by atoms with van der Waals surface area (Å²) < 4.78 is 0. The molecule has 0 aliphatic heterocycles. The molecule has 1 saturated carbocycles. The minimum atomic E-state index is -0.231. The second-order valence-corrected chi connectivity index (χ2v) is 5.37. The van der Waals surface area contributed by atoms with E-state index in [1.165, 1.54) is 0 Å². The number of hydrogen-bond donors (Lipinski definition) is 2. The molecule has 72 valence electrons. The van der Waals surface area contributed by atoms with Crippen molar-refractivity contribution in [1.82, 2.24) is 0 Å². The molecule has 0 saturated heterocycles. The maximum atomic E-state index is 9.60. The highest BCUT2D eigenvalue weighted by atomic mass is 16.3. The lowest BCUT2D eigenvalue weighted by atomic mass is 9.64. The zero-order chi connectivity index (χ0) is 9.41. The fourth-order valence-electron chi connectivity index (χ4n) is 2.70. The molecule has 0 radical (unpaired) electrons. The Balaban J connectivity index is 2.70. The molecule has 1 rings (SSSR count). The van der Waals surface area contributed by atoms with Crippen LogP contribution in [0.2, 0.25) is 0 Å². The molecule has 0 bridgehead atoms. The van der Waals surface area contributed by atoms with Crippen LogP contribution in [0.3, 0.4) is 0 Å². The van der Waals surface area contributed by atoms with Gasteiger partial charge in [0.15, 0.2) is 0 Å². The first-order valence-corrected chi connectivity index (χ1v) is 4.66. The van der Waals surface area contributed by atoms with Crippen molar-refractivity contribution in [3.63, 3.8) is 0 Å². The summed E-state index contributed by atoms with van der Waals surface area (Å²) in [6.45, 7) is 6.55. The second-order valence-electron chi connectivity index (χ2n) is 5.37. The van der Waals surface area contributed by atoms with Gasteiger partial charge in [0.1, 0.15) is 0 Å². The normalized spacial score (nSPS) is 41.2. The summed E-state index contributed by atoms with van der Waals surface area (Å²) >= 11 is 0. The Morgan fingerprint density at radius 2 is 1.83 bits per heavy atom. The minimum Gasteiger partial charge on any atom is -0.396 e. The molecule has 0 aromatic carbocycles. The SMILES string of the molecule is CC1(C)C[C@@H](O)C[C@@](C)(CO)C1.